The van der Waals surface area contributed by atoms with Gasteiger partial charge in [0.2, 0.25) is 0 Å². The number of hydrogen-bond donors (Lipinski definition) is 1. The molecule has 0 atom stereocenters. The fourth-order valence-corrected chi connectivity index (χ4v) is 5.68. The van der Waals surface area contributed by atoms with Gasteiger partial charge >= 0.3 is 0 Å². The van der Waals surface area contributed by atoms with Crippen molar-refractivity contribution in [3.63, 3.8) is 0 Å². The van der Waals surface area contributed by atoms with E-state index in [-0.39, 0.29) is 16.3 Å². The van der Waals surface area contributed by atoms with E-state index in [2.05, 4.69) is 28.5 Å². The number of halogens is 1. The van der Waals surface area contributed by atoms with Crippen LogP contribution >= 0.6 is 11.3 Å². The number of nitrogens with zero attached hydrogens (tertiary/aromatic N) is 2. The highest BCUT2D eigenvalue weighted by Crippen LogP contribution is 2.36. The van der Waals surface area contributed by atoms with Gasteiger partial charge in [-0.1, -0.05) is 13.8 Å². The smallest absolute Gasteiger partial charge is 0.261 e. The Labute approximate surface area is 208 Å². The normalized spacial score (nSPS) is 11.7. The largest absolute Gasteiger partial charge is 0.497 e. The maximum atomic E-state index is 14.9. The number of pyridine rings is 1. The Kier molecular flexibility index (Phi) is 7.54. The lowest BCUT2D eigenvalue weighted by atomic mass is 10.3. The first-order valence-electron chi connectivity index (χ1n) is 11.1. The zero-order valence-corrected chi connectivity index (χ0v) is 21.2. The number of rotatable bonds is 10. The van der Waals surface area contributed by atoms with Gasteiger partial charge in [0.1, 0.15) is 11.5 Å². The van der Waals surface area contributed by atoms with Gasteiger partial charge in [0, 0.05) is 29.8 Å². The molecule has 1 N–H and O–H groups in total. The number of thiophene rings is 1. The second-order valence-corrected chi connectivity index (χ2v) is 10.5. The highest BCUT2D eigenvalue weighted by Gasteiger charge is 2.17. The predicted molar refractivity (Wildman–Crippen MR) is 137 cm³/mol. The second kappa shape index (κ2) is 10.6. The molecule has 10 heteroatoms. The molecule has 0 aliphatic heterocycles. The van der Waals surface area contributed by atoms with Crippen molar-refractivity contribution in [2.45, 2.75) is 25.3 Å². The summed E-state index contributed by atoms with van der Waals surface area (Å²) in [6, 6.07) is 13.6. The number of benzene rings is 2. The molecule has 184 valence electrons. The third kappa shape index (κ3) is 5.72. The minimum Gasteiger partial charge on any atom is -0.497 e. The molecule has 0 aliphatic carbocycles. The lowest BCUT2D eigenvalue weighted by molar-refractivity contribution is 0.298. The molecule has 2 aromatic carbocycles. The first kappa shape index (κ1) is 24.9. The van der Waals surface area contributed by atoms with E-state index in [1.54, 1.807) is 35.7 Å². The molecular formula is C25H26FN3O4S2. The molecule has 0 fully saturated rings. The summed E-state index contributed by atoms with van der Waals surface area (Å²) in [4.78, 5) is 7.90. The molecule has 2 heterocycles. The molecule has 0 saturated carbocycles. The van der Waals surface area contributed by atoms with Crippen molar-refractivity contribution in [1.29, 1.82) is 0 Å². The standard InChI is InChI=1S/C25H26FN3O4S2/c1-4-29(5-2)16-19-15-22-25(34-19)24(12-13-27-22)33-23-11-6-17(14-21(23)26)28-35(30,31)20-9-7-18(32-3)8-10-20/h6-15,28H,4-5,16H2,1-3H3. The van der Waals surface area contributed by atoms with Crippen LogP contribution in [-0.2, 0) is 16.6 Å². The number of methoxy groups -OCH3 is 1. The van der Waals surface area contributed by atoms with Crippen LogP contribution in [0.25, 0.3) is 10.2 Å². The Bertz CT molecular complexity index is 1420. The average Bonchev–Trinajstić information content (AvgIpc) is 3.27. The van der Waals surface area contributed by atoms with Gasteiger partial charge in [-0.2, -0.15) is 0 Å². The molecule has 7 nitrogen and oxygen atoms in total. The van der Waals surface area contributed by atoms with Gasteiger partial charge in [-0.15, -0.1) is 11.3 Å². The Balaban J connectivity index is 1.53. The lowest BCUT2D eigenvalue weighted by Gasteiger charge is -2.16. The van der Waals surface area contributed by atoms with Crippen molar-refractivity contribution < 1.29 is 22.3 Å². The zero-order valence-electron chi connectivity index (χ0n) is 19.6. The summed E-state index contributed by atoms with van der Waals surface area (Å²) in [6.45, 7) is 6.94. The number of fused-ring (bicyclic) bond motifs is 1. The fourth-order valence-electron chi connectivity index (χ4n) is 3.52. The molecule has 4 aromatic rings. The van der Waals surface area contributed by atoms with Crippen molar-refractivity contribution in [2.75, 3.05) is 24.9 Å². The van der Waals surface area contributed by atoms with E-state index >= 15 is 0 Å². The van der Waals surface area contributed by atoms with Crippen molar-refractivity contribution in [1.82, 2.24) is 9.88 Å². The molecular weight excluding hydrogens is 489 g/mol. The highest BCUT2D eigenvalue weighted by atomic mass is 32.2. The summed E-state index contributed by atoms with van der Waals surface area (Å²) in [5.41, 5.74) is 0.877. The quantitative estimate of drug-likeness (QED) is 0.284. The summed E-state index contributed by atoms with van der Waals surface area (Å²) in [5, 5.41) is 0. The highest BCUT2D eigenvalue weighted by molar-refractivity contribution is 7.92. The average molecular weight is 516 g/mol. The number of anilines is 1. The number of hydrogen-bond acceptors (Lipinski definition) is 7. The first-order chi connectivity index (χ1) is 16.8. The van der Waals surface area contributed by atoms with Gasteiger partial charge in [-0.05, 0) is 55.6 Å². The van der Waals surface area contributed by atoms with Crippen LogP contribution in [0, 0.1) is 5.82 Å². The van der Waals surface area contributed by atoms with Gasteiger partial charge in [-0.25, -0.2) is 12.8 Å². The van der Waals surface area contributed by atoms with E-state index < -0.39 is 15.8 Å². The summed E-state index contributed by atoms with van der Waals surface area (Å²) in [6.07, 6.45) is 1.63. The van der Waals surface area contributed by atoms with Crippen LogP contribution in [-0.4, -0.2) is 38.5 Å². The van der Waals surface area contributed by atoms with Crippen LogP contribution in [0.4, 0.5) is 10.1 Å². The van der Waals surface area contributed by atoms with Gasteiger partial charge in [0.15, 0.2) is 11.6 Å². The van der Waals surface area contributed by atoms with Gasteiger partial charge in [0.05, 0.1) is 27.9 Å². The molecule has 35 heavy (non-hydrogen) atoms. The molecule has 0 spiro atoms. The van der Waals surface area contributed by atoms with E-state index in [0.717, 1.165) is 40.8 Å². The molecule has 0 bridgehead atoms. The van der Waals surface area contributed by atoms with Crippen LogP contribution < -0.4 is 14.2 Å². The predicted octanol–water partition coefficient (Wildman–Crippen LogP) is 5.88. The van der Waals surface area contributed by atoms with E-state index in [4.69, 9.17) is 9.47 Å². The topological polar surface area (TPSA) is 80.8 Å². The van der Waals surface area contributed by atoms with E-state index in [9.17, 15) is 12.8 Å². The molecule has 0 unspecified atom stereocenters. The van der Waals surface area contributed by atoms with Crippen LogP contribution in [0.1, 0.15) is 18.7 Å². The number of nitrogens with one attached hydrogen (secondary N) is 1. The fraction of sp³-hybridized carbons (Fsp3) is 0.240. The van der Waals surface area contributed by atoms with Crippen LogP contribution in [0.5, 0.6) is 17.2 Å². The number of aromatic nitrogens is 1. The first-order valence-corrected chi connectivity index (χ1v) is 13.4. The van der Waals surface area contributed by atoms with Gasteiger partial charge < -0.3 is 9.47 Å². The van der Waals surface area contributed by atoms with Crippen molar-refractivity contribution >= 4 is 37.3 Å². The van der Waals surface area contributed by atoms with Crippen LogP contribution in [0.3, 0.4) is 0 Å². The summed E-state index contributed by atoms with van der Waals surface area (Å²) >= 11 is 1.57. The maximum Gasteiger partial charge on any atom is 0.261 e. The van der Waals surface area contributed by atoms with E-state index in [1.165, 1.54) is 31.4 Å². The summed E-state index contributed by atoms with van der Waals surface area (Å²) < 4.78 is 54.3. The molecule has 4 rings (SSSR count). The van der Waals surface area contributed by atoms with E-state index in [1.807, 2.05) is 6.07 Å². The number of sulfonamides is 1. The summed E-state index contributed by atoms with van der Waals surface area (Å²) in [5.74, 6) is 0.331. The maximum absolute atomic E-state index is 14.9. The van der Waals surface area contributed by atoms with Gasteiger partial charge in [0.25, 0.3) is 10.0 Å². The molecule has 0 aliphatic rings. The Morgan fingerprint density at radius 2 is 1.77 bits per heavy atom. The van der Waals surface area contributed by atoms with Crippen LogP contribution in [0.15, 0.2) is 65.7 Å². The molecule has 2 aromatic heterocycles. The SMILES string of the molecule is CCN(CC)Cc1cc2nccc(Oc3ccc(NS(=O)(=O)c4ccc(OC)cc4)cc3F)c2s1. The second-order valence-electron chi connectivity index (χ2n) is 7.73. The molecule has 0 radical (unpaired) electrons. The Hall–Kier alpha value is -3.21. The van der Waals surface area contributed by atoms with Crippen LogP contribution in [0.2, 0.25) is 0 Å². The van der Waals surface area contributed by atoms with Crippen molar-refractivity contribution in [3.05, 3.63) is 71.5 Å². The lowest BCUT2D eigenvalue weighted by Crippen LogP contribution is -2.21. The number of ether oxygens (including phenoxy) is 2. The van der Waals surface area contributed by atoms with Gasteiger partial charge in [-0.3, -0.25) is 14.6 Å². The van der Waals surface area contributed by atoms with Crippen molar-refractivity contribution in [2.24, 2.45) is 0 Å². The van der Waals surface area contributed by atoms with E-state index in [0.29, 0.717) is 11.5 Å². The minimum atomic E-state index is -3.89. The summed E-state index contributed by atoms with van der Waals surface area (Å²) in [7, 11) is -2.40. The Morgan fingerprint density at radius 3 is 2.43 bits per heavy atom. The minimum absolute atomic E-state index is 0.0106. The monoisotopic (exact) mass is 515 g/mol. The van der Waals surface area contributed by atoms with Crippen molar-refractivity contribution in [3.8, 4) is 17.2 Å². The Morgan fingerprint density at radius 1 is 1.03 bits per heavy atom. The third-order valence-electron chi connectivity index (χ3n) is 5.47. The third-order valence-corrected chi connectivity index (χ3v) is 8.00. The molecule has 0 amide bonds. The zero-order chi connectivity index (χ0) is 25.0. The molecule has 0 saturated heterocycles.